The maximum Gasteiger partial charge on any atom is 0.129 e. The molecule has 16 heavy (non-hydrogen) atoms. The van der Waals surface area contributed by atoms with Gasteiger partial charge in [0.25, 0.3) is 0 Å². The van der Waals surface area contributed by atoms with Gasteiger partial charge in [-0.3, -0.25) is 0 Å². The maximum atomic E-state index is 13.3. The maximum absolute atomic E-state index is 13.3. The molecule has 0 bridgehead atoms. The molecule has 0 saturated heterocycles. The Bertz CT molecular complexity index is 496. The molecule has 1 aromatic carbocycles. The van der Waals surface area contributed by atoms with Gasteiger partial charge in [-0.2, -0.15) is 0 Å². The van der Waals surface area contributed by atoms with Crippen molar-refractivity contribution in [3.8, 4) is 0 Å². The lowest BCUT2D eigenvalue weighted by Crippen LogP contribution is -1.93. The Balaban J connectivity index is 2.20. The Morgan fingerprint density at radius 1 is 1.19 bits per heavy atom. The number of nitrogens with zero attached hydrogens (tertiary/aromatic N) is 2. The summed E-state index contributed by atoms with van der Waals surface area (Å²) in [6.45, 7) is 1.99. The van der Waals surface area contributed by atoms with Crippen LogP contribution in [0.25, 0.3) is 0 Å². The first kappa shape index (κ1) is 11.1. The molecule has 0 unspecified atom stereocenters. The van der Waals surface area contributed by atoms with Crippen LogP contribution >= 0.6 is 11.3 Å². The predicted octanol–water partition coefficient (Wildman–Crippen LogP) is 2.97. The van der Waals surface area contributed by atoms with Gasteiger partial charge in [-0.25, -0.2) is 8.78 Å². The second-order valence-electron chi connectivity index (χ2n) is 3.36. The summed E-state index contributed by atoms with van der Waals surface area (Å²) < 4.78 is 26.0. The first-order valence-electron chi connectivity index (χ1n) is 4.94. The van der Waals surface area contributed by atoms with Crippen LogP contribution in [0.2, 0.25) is 0 Å². The van der Waals surface area contributed by atoms with Gasteiger partial charge in [0.05, 0.1) is 0 Å². The molecule has 1 heterocycles. The molecule has 84 valence electrons. The quantitative estimate of drug-likeness (QED) is 0.824. The van der Waals surface area contributed by atoms with Gasteiger partial charge >= 0.3 is 0 Å². The second-order valence-corrected chi connectivity index (χ2v) is 4.50. The van der Waals surface area contributed by atoms with Gasteiger partial charge in [0.15, 0.2) is 0 Å². The highest BCUT2D eigenvalue weighted by Gasteiger charge is 2.08. The van der Waals surface area contributed by atoms with Gasteiger partial charge in [0, 0.05) is 12.5 Å². The molecule has 2 nitrogen and oxygen atoms in total. The van der Waals surface area contributed by atoms with Crippen molar-refractivity contribution in [2.45, 2.75) is 19.8 Å². The molecule has 0 aliphatic rings. The number of hydrogen-bond acceptors (Lipinski definition) is 3. The third-order valence-electron chi connectivity index (χ3n) is 2.17. The molecule has 5 heteroatoms. The summed E-state index contributed by atoms with van der Waals surface area (Å²) in [7, 11) is 0. The van der Waals surface area contributed by atoms with Crippen LogP contribution in [0.5, 0.6) is 0 Å². The van der Waals surface area contributed by atoms with Crippen molar-refractivity contribution in [2.75, 3.05) is 0 Å². The molecule has 0 saturated carbocycles. The lowest BCUT2D eigenvalue weighted by molar-refractivity contribution is 0.574. The minimum atomic E-state index is -0.562. The fourth-order valence-corrected chi connectivity index (χ4v) is 2.14. The number of aryl methyl sites for hydroxylation is 1. The molecule has 0 amide bonds. The topological polar surface area (TPSA) is 25.8 Å². The first-order valence-corrected chi connectivity index (χ1v) is 5.76. The van der Waals surface area contributed by atoms with Crippen molar-refractivity contribution in [1.82, 2.24) is 10.2 Å². The zero-order valence-electron chi connectivity index (χ0n) is 8.70. The van der Waals surface area contributed by atoms with E-state index in [1.165, 1.54) is 23.5 Å². The predicted molar refractivity (Wildman–Crippen MR) is 58.5 cm³/mol. The molecule has 0 spiro atoms. The van der Waals surface area contributed by atoms with Gasteiger partial charge < -0.3 is 0 Å². The Kier molecular flexibility index (Phi) is 3.24. The van der Waals surface area contributed by atoms with E-state index < -0.39 is 11.6 Å². The molecule has 1 aromatic heterocycles. The lowest BCUT2D eigenvalue weighted by Gasteiger charge is -1.99. The average molecular weight is 240 g/mol. The standard InChI is InChI=1S/C11H10F2N2S/c1-2-10-14-15-11(16-10)5-7-3-4-8(12)6-9(7)13/h3-4,6H,2,5H2,1H3. The molecule has 0 aliphatic carbocycles. The third-order valence-corrected chi connectivity index (χ3v) is 3.24. The van der Waals surface area contributed by atoms with Crippen molar-refractivity contribution >= 4 is 11.3 Å². The Labute approximate surface area is 96.0 Å². The van der Waals surface area contributed by atoms with Crippen molar-refractivity contribution in [2.24, 2.45) is 0 Å². The van der Waals surface area contributed by atoms with Crippen LogP contribution < -0.4 is 0 Å². The second kappa shape index (κ2) is 4.65. The molecule has 0 radical (unpaired) electrons. The van der Waals surface area contributed by atoms with E-state index in [1.807, 2.05) is 6.92 Å². The molecular weight excluding hydrogens is 230 g/mol. The Morgan fingerprint density at radius 2 is 1.94 bits per heavy atom. The summed E-state index contributed by atoms with van der Waals surface area (Å²) in [5, 5.41) is 9.58. The van der Waals surface area contributed by atoms with Crippen molar-refractivity contribution in [1.29, 1.82) is 0 Å². The number of hydrogen-bond donors (Lipinski definition) is 0. The van der Waals surface area contributed by atoms with E-state index in [-0.39, 0.29) is 0 Å². The van der Waals surface area contributed by atoms with Crippen LogP contribution in [0.4, 0.5) is 8.78 Å². The lowest BCUT2D eigenvalue weighted by atomic mass is 10.1. The summed E-state index contributed by atoms with van der Waals surface area (Å²) in [5.74, 6) is -1.10. The van der Waals surface area contributed by atoms with E-state index in [0.717, 1.165) is 22.5 Å². The number of rotatable bonds is 3. The van der Waals surface area contributed by atoms with Crippen LogP contribution in [0, 0.1) is 11.6 Å². The van der Waals surface area contributed by atoms with Crippen molar-refractivity contribution in [3.63, 3.8) is 0 Å². The monoisotopic (exact) mass is 240 g/mol. The molecular formula is C11H10F2N2S. The molecule has 0 fully saturated rings. The first-order chi connectivity index (χ1) is 7.69. The molecule has 2 rings (SSSR count). The summed E-state index contributed by atoms with van der Waals surface area (Å²) in [6, 6.07) is 3.58. The molecule has 0 N–H and O–H groups in total. The fraction of sp³-hybridized carbons (Fsp3) is 0.273. The van der Waals surface area contributed by atoms with E-state index in [0.29, 0.717) is 12.0 Å². The van der Waals surface area contributed by atoms with Gasteiger partial charge in [-0.1, -0.05) is 13.0 Å². The van der Waals surface area contributed by atoms with Crippen LogP contribution in [0.1, 0.15) is 22.5 Å². The smallest absolute Gasteiger partial charge is 0.129 e. The summed E-state index contributed by atoms with van der Waals surface area (Å²) in [5.41, 5.74) is 0.445. The Morgan fingerprint density at radius 3 is 2.56 bits per heavy atom. The molecule has 2 aromatic rings. The van der Waals surface area contributed by atoms with E-state index >= 15 is 0 Å². The highest BCUT2D eigenvalue weighted by molar-refractivity contribution is 7.11. The third kappa shape index (κ3) is 2.41. The van der Waals surface area contributed by atoms with Crippen LogP contribution in [0.15, 0.2) is 18.2 Å². The van der Waals surface area contributed by atoms with Crippen molar-refractivity contribution < 1.29 is 8.78 Å². The van der Waals surface area contributed by atoms with Gasteiger partial charge in [-0.05, 0) is 18.1 Å². The minimum Gasteiger partial charge on any atom is -0.207 e. The highest BCUT2D eigenvalue weighted by atomic mass is 32.1. The van der Waals surface area contributed by atoms with E-state index in [4.69, 9.17) is 0 Å². The summed E-state index contributed by atoms with van der Waals surface area (Å²) >= 11 is 1.46. The minimum absolute atomic E-state index is 0.365. The SMILES string of the molecule is CCc1nnc(Cc2ccc(F)cc2F)s1. The number of halogens is 2. The van der Waals surface area contributed by atoms with Crippen molar-refractivity contribution in [3.05, 3.63) is 45.4 Å². The molecule has 0 aliphatic heterocycles. The van der Waals surface area contributed by atoms with E-state index in [9.17, 15) is 8.78 Å². The van der Waals surface area contributed by atoms with Gasteiger partial charge in [-0.15, -0.1) is 21.5 Å². The van der Waals surface area contributed by atoms with Gasteiger partial charge in [0.1, 0.15) is 21.6 Å². The summed E-state index contributed by atoms with van der Waals surface area (Å²) in [6.07, 6.45) is 1.19. The highest BCUT2D eigenvalue weighted by Crippen LogP contribution is 2.17. The molecule has 0 atom stereocenters. The largest absolute Gasteiger partial charge is 0.207 e. The van der Waals surface area contributed by atoms with Gasteiger partial charge in [0.2, 0.25) is 0 Å². The van der Waals surface area contributed by atoms with Crippen LogP contribution in [0.3, 0.4) is 0 Å². The van der Waals surface area contributed by atoms with Crippen LogP contribution in [-0.2, 0) is 12.8 Å². The Hall–Kier alpha value is -1.36. The van der Waals surface area contributed by atoms with Crippen LogP contribution in [-0.4, -0.2) is 10.2 Å². The average Bonchev–Trinajstić information content (AvgIpc) is 2.70. The van der Waals surface area contributed by atoms with E-state index in [2.05, 4.69) is 10.2 Å². The zero-order chi connectivity index (χ0) is 11.5. The summed E-state index contributed by atoms with van der Waals surface area (Å²) in [4.78, 5) is 0. The fourth-order valence-electron chi connectivity index (χ4n) is 1.33. The number of aromatic nitrogens is 2. The normalized spacial score (nSPS) is 10.7. The number of benzene rings is 1. The van der Waals surface area contributed by atoms with E-state index in [1.54, 1.807) is 0 Å². The zero-order valence-corrected chi connectivity index (χ0v) is 9.52.